The number of benzene rings is 2. The van der Waals surface area contributed by atoms with Gasteiger partial charge < -0.3 is 10.2 Å². The number of carbonyl (C=O) groups is 2. The van der Waals surface area contributed by atoms with Crippen LogP contribution < -0.4 is 5.32 Å². The van der Waals surface area contributed by atoms with Crippen LogP contribution in [0.15, 0.2) is 54.6 Å². The molecule has 1 atom stereocenters. The first-order valence-electron chi connectivity index (χ1n) is 9.67. The predicted octanol–water partition coefficient (Wildman–Crippen LogP) is 4.11. The average Bonchev–Trinajstić information content (AvgIpc) is 3.16. The van der Waals surface area contributed by atoms with Gasteiger partial charge in [-0.1, -0.05) is 30.3 Å². The third-order valence-corrected chi connectivity index (χ3v) is 6.17. The van der Waals surface area contributed by atoms with Crippen LogP contribution in [0.1, 0.15) is 24.3 Å². The Kier molecular flexibility index (Phi) is 5.67. The molecule has 1 aliphatic heterocycles. The molecule has 3 aromatic rings. The summed E-state index contributed by atoms with van der Waals surface area (Å²) in [6.45, 7) is 1.23. The van der Waals surface area contributed by atoms with Gasteiger partial charge in [0.1, 0.15) is 0 Å². The quantitative estimate of drug-likeness (QED) is 0.710. The SMILES string of the molecule is O=C(Nc1ccccc1)[C@@H]1CCCN(C(=O)CCc2nc3ccccc3s2)C1. The van der Waals surface area contributed by atoms with Gasteiger partial charge in [-0.3, -0.25) is 9.59 Å². The normalized spacial score (nSPS) is 16.9. The van der Waals surface area contributed by atoms with Crippen molar-refractivity contribution in [3.8, 4) is 0 Å². The maximum atomic E-state index is 12.7. The number of anilines is 1. The maximum Gasteiger partial charge on any atom is 0.229 e. The number of nitrogens with zero attached hydrogens (tertiary/aromatic N) is 2. The second kappa shape index (κ2) is 8.52. The summed E-state index contributed by atoms with van der Waals surface area (Å²) in [5.41, 5.74) is 1.79. The molecule has 2 heterocycles. The first-order chi connectivity index (χ1) is 13.7. The van der Waals surface area contributed by atoms with E-state index >= 15 is 0 Å². The number of hydrogen-bond donors (Lipinski definition) is 1. The highest BCUT2D eigenvalue weighted by Gasteiger charge is 2.28. The Morgan fingerprint density at radius 2 is 1.89 bits per heavy atom. The monoisotopic (exact) mass is 393 g/mol. The predicted molar refractivity (Wildman–Crippen MR) is 112 cm³/mol. The van der Waals surface area contributed by atoms with Gasteiger partial charge in [0, 0.05) is 31.6 Å². The molecular formula is C22H23N3O2S. The molecule has 28 heavy (non-hydrogen) atoms. The van der Waals surface area contributed by atoms with E-state index < -0.39 is 0 Å². The molecular weight excluding hydrogens is 370 g/mol. The van der Waals surface area contributed by atoms with Crippen molar-refractivity contribution in [1.82, 2.24) is 9.88 Å². The zero-order valence-corrected chi connectivity index (χ0v) is 16.5. The molecule has 5 nitrogen and oxygen atoms in total. The number of fused-ring (bicyclic) bond motifs is 1. The van der Waals surface area contributed by atoms with Crippen molar-refractivity contribution in [3.63, 3.8) is 0 Å². The smallest absolute Gasteiger partial charge is 0.229 e. The van der Waals surface area contributed by atoms with Crippen molar-refractivity contribution in [3.05, 3.63) is 59.6 Å². The Labute approximate surface area is 168 Å². The molecule has 6 heteroatoms. The molecule has 0 radical (unpaired) electrons. The number of amides is 2. The molecule has 144 valence electrons. The van der Waals surface area contributed by atoms with Gasteiger partial charge in [-0.25, -0.2) is 4.98 Å². The molecule has 0 bridgehead atoms. The lowest BCUT2D eigenvalue weighted by atomic mass is 9.96. The van der Waals surface area contributed by atoms with Gasteiger partial charge in [-0.15, -0.1) is 11.3 Å². The van der Waals surface area contributed by atoms with Gasteiger partial charge in [0.2, 0.25) is 11.8 Å². The van der Waals surface area contributed by atoms with Gasteiger partial charge in [-0.2, -0.15) is 0 Å². The zero-order valence-electron chi connectivity index (χ0n) is 15.6. The topological polar surface area (TPSA) is 62.3 Å². The molecule has 1 aromatic heterocycles. The van der Waals surface area contributed by atoms with Crippen molar-refractivity contribution < 1.29 is 9.59 Å². The number of thiazole rings is 1. The van der Waals surface area contributed by atoms with E-state index in [0.29, 0.717) is 19.4 Å². The lowest BCUT2D eigenvalue weighted by molar-refractivity contribution is -0.134. The van der Waals surface area contributed by atoms with Gasteiger partial charge in [-0.05, 0) is 37.1 Å². The molecule has 2 aromatic carbocycles. The largest absolute Gasteiger partial charge is 0.342 e. The molecule has 4 rings (SSSR count). The number of likely N-dealkylation sites (tertiary alicyclic amines) is 1. The Hall–Kier alpha value is -2.73. The van der Waals surface area contributed by atoms with Crippen molar-refractivity contribution in [1.29, 1.82) is 0 Å². The Bertz CT molecular complexity index is 937. The minimum atomic E-state index is -0.152. The van der Waals surface area contributed by atoms with E-state index in [1.54, 1.807) is 11.3 Å². The number of carbonyl (C=O) groups excluding carboxylic acids is 2. The lowest BCUT2D eigenvalue weighted by Crippen LogP contribution is -2.43. The standard InChI is InChI=1S/C22H23N3O2S/c26-21(13-12-20-24-18-10-4-5-11-19(18)28-20)25-14-6-7-16(15-25)22(27)23-17-8-2-1-3-9-17/h1-5,8-11,16H,6-7,12-15H2,(H,23,27)/t16-/m1/s1. The third kappa shape index (κ3) is 4.39. The molecule has 1 saturated heterocycles. The second-order valence-electron chi connectivity index (χ2n) is 7.11. The number of rotatable bonds is 5. The van der Waals surface area contributed by atoms with Crippen molar-refractivity contribution in [2.75, 3.05) is 18.4 Å². The Balaban J connectivity index is 1.32. The molecule has 1 fully saturated rings. The summed E-state index contributed by atoms with van der Waals surface area (Å²) in [6.07, 6.45) is 2.77. The van der Waals surface area contributed by atoms with Crippen molar-refractivity contribution in [2.45, 2.75) is 25.7 Å². The molecule has 0 aliphatic carbocycles. The average molecular weight is 394 g/mol. The number of aromatic nitrogens is 1. The lowest BCUT2D eigenvalue weighted by Gasteiger charge is -2.32. The highest BCUT2D eigenvalue weighted by molar-refractivity contribution is 7.18. The van der Waals surface area contributed by atoms with Gasteiger partial charge >= 0.3 is 0 Å². The summed E-state index contributed by atoms with van der Waals surface area (Å²) in [4.78, 5) is 31.7. The first-order valence-corrected chi connectivity index (χ1v) is 10.5. The molecule has 1 aliphatic rings. The van der Waals surface area contributed by atoms with Crippen LogP contribution in [0.25, 0.3) is 10.2 Å². The summed E-state index contributed by atoms with van der Waals surface area (Å²) < 4.78 is 1.15. The summed E-state index contributed by atoms with van der Waals surface area (Å²) in [7, 11) is 0. The zero-order chi connectivity index (χ0) is 19.3. The highest BCUT2D eigenvalue weighted by atomic mass is 32.1. The number of aryl methyl sites for hydroxylation is 1. The van der Waals surface area contributed by atoms with Gasteiger partial charge in [0.15, 0.2) is 0 Å². The van der Waals surface area contributed by atoms with E-state index in [0.717, 1.165) is 40.3 Å². The summed E-state index contributed by atoms with van der Waals surface area (Å²) >= 11 is 1.65. The second-order valence-corrected chi connectivity index (χ2v) is 8.22. The fourth-order valence-electron chi connectivity index (χ4n) is 3.58. The summed E-state index contributed by atoms with van der Waals surface area (Å²) in [5.74, 6) is -0.0494. The van der Waals surface area contributed by atoms with Crippen LogP contribution >= 0.6 is 11.3 Å². The van der Waals surface area contributed by atoms with Gasteiger partial charge in [0.25, 0.3) is 0 Å². The van der Waals surface area contributed by atoms with E-state index in [1.807, 2.05) is 53.4 Å². The number of piperidine rings is 1. The third-order valence-electron chi connectivity index (χ3n) is 5.08. The number of hydrogen-bond acceptors (Lipinski definition) is 4. The van der Waals surface area contributed by atoms with E-state index in [9.17, 15) is 9.59 Å². The van der Waals surface area contributed by atoms with E-state index in [-0.39, 0.29) is 17.7 Å². The fourth-order valence-corrected chi connectivity index (χ4v) is 4.55. The minimum Gasteiger partial charge on any atom is -0.342 e. The van der Waals surface area contributed by atoms with Crippen LogP contribution in [0.3, 0.4) is 0 Å². The molecule has 0 unspecified atom stereocenters. The van der Waals surface area contributed by atoms with Gasteiger partial charge in [0.05, 0.1) is 21.1 Å². The van der Waals surface area contributed by atoms with Crippen LogP contribution in [-0.2, 0) is 16.0 Å². The number of nitrogens with one attached hydrogen (secondary N) is 1. The van der Waals surface area contributed by atoms with Crippen molar-refractivity contribution in [2.24, 2.45) is 5.92 Å². The molecule has 1 N–H and O–H groups in total. The Morgan fingerprint density at radius 3 is 2.71 bits per heavy atom. The minimum absolute atomic E-state index is 0.00475. The summed E-state index contributed by atoms with van der Waals surface area (Å²) in [5, 5.41) is 3.95. The summed E-state index contributed by atoms with van der Waals surface area (Å²) in [6, 6.07) is 17.5. The first kappa shape index (κ1) is 18.6. The van der Waals surface area contributed by atoms with E-state index in [2.05, 4.69) is 16.4 Å². The van der Waals surface area contributed by atoms with E-state index in [4.69, 9.17) is 0 Å². The Morgan fingerprint density at radius 1 is 1.11 bits per heavy atom. The van der Waals surface area contributed by atoms with Crippen LogP contribution in [0, 0.1) is 5.92 Å². The van der Waals surface area contributed by atoms with Crippen LogP contribution in [0.5, 0.6) is 0 Å². The van der Waals surface area contributed by atoms with Crippen molar-refractivity contribution >= 4 is 39.1 Å². The molecule has 0 spiro atoms. The molecule has 2 amide bonds. The highest BCUT2D eigenvalue weighted by Crippen LogP contribution is 2.24. The van der Waals surface area contributed by atoms with E-state index in [1.165, 1.54) is 0 Å². The number of para-hydroxylation sites is 2. The molecule has 0 saturated carbocycles. The van der Waals surface area contributed by atoms with Crippen LogP contribution in [0.2, 0.25) is 0 Å². The van der Waals surface area contributed by atoms with Crippen LogP contribution in [-0.4, -0.2) is 34.8 Å². The maximum absolute atomic E-state index is 12.7. The fraction of sp³-hybridized carbons (Fsp3) is 0.318. The van der Waals surface area contributed by atoms with Crippen LogP contribution in [0.4, 0.5) is 5.69 Å².